The number of ether oxygens (including phenoxy) is 1. The number of nitrogens with zero attached hydrogens (tertiary/aromatic N) is 4. The first-order valence-corrected chi connectivity index (χ1v) is 9.65. The highest BCUT2D eigenvalue weighted by Gasteiger charge is 2.37. The molecule has 0 spiro atoms. The summed E-state index contributed by atoms with van der Waals surface area (Å²) in [6.45, 7) is 2.92. The van der Waals surface area contributed by atoms with Crippen LogP contribution in [0.1, 0.15) is 43.4 Å². The molecule has 3 heterocycles. The molecular formula is C21H23N5O. The van der Waals surface area contributed by atoms with E-state index in [9.17, 15) is 0 Å². The van der Waals surface area contributed by atoms with Crippen molar-refractivity contribution < 1.29 is 4.74 Å². The molecule has 5 rings (SSSR count). The molecule has 1 N–H and O–H groups in total. The van der Waals surface area contributed by atoms with E-state index in [0.29, 0.717) is 18.4 Å². The van der Waals surface area contributed by atoms with Crippen LogP contribution in [0.4, 0.5) is 0 Å². The maximum absolute atomic E-state index is 6.26. The van der Waals surface area contributed by atoms with Crippen LogP contribution in [0.3, 0.4) is 0 Å². The average Bonchev–Trinajstić information content (AvgIpc) is 3.44. The Labute approximate surface area is 157 Å². The van der Waals surface area contributed by atoms with Gasteiger partial charge in [-0.2, -0.15) is 0 Å². The summed E-state index contributed by atoms with van der Waals surface area (Å²) in [5.74, 6) is 0.890. The van der Waals surface area contributed by atoms with Crippen molar-refractivity contribution in [3.05, 3.63) is 60.2 Å². The molecule has 27 heavy (non-hydrogen) atoms. The Kier molecular flexibility index (Phi) is 4.13. The number of aromatic nitrogens is 5. The predicted molar refractivity (Wildman–Crippen MR) is 103 cm³/mol. The second-order valence-corrected chi connectivity index (χ2v) is 7.40. The van der Waals surface area contributed by atoms with E-state index in [2.05, 4.69) is 46.4 Å². The molecule has 1 aliphatic rings. The van der Waals surface area contributed by atoms with E-state index in [1.165, 1.54) is 5.56 Å². The molecule has 1 aromatic carbocycles. The molecule has 1 aliphatic carbocycles. The highest BCUT2D eigenvalue weighted by atomic mass is 16.5. The van der Waals surface area contributed by atoms with Crippen molar-refractivity contribution in [1.29, 1.82) is 0 Å². The smallest absolute Gasteiger partial charge is 0.183 e. The first kappa shape index (κ1) is 16.4. The van der Waals surface area contributed by atoms with E-state index in [1.807, 2.05) is 22.7 Å². The zero-order valence-electron chi connectivity index (χ0n) is 15.4. The van der Waals surface area contributed by atoms with Crippen LogP contribution in [0.5, 0.6) is 0 Å². The minimum Gasteiger partial charge on any atom is -0.374 e. The van der Waals surface area contributed by atoms with Crippen LogP contribution in [0, 0.1) is 5.92 Å². The summed E-state index contributed by atoms with van der Waals surface area (Å²) in [7, 11) is 0. The van der Waals surface area contributed by atoms with Gasteiger partial charge in [0, 0.05) is 12.1 Å². The first-order chi connectivity index (χ1) is 13.3. The Balaban J connectivity index is 1.43. The summed E-state index contributed by atoms with van der Waals surface area (Å²) >= 11 is 0. The standard InChI is InChI=1S/C21H23N5O/c1-2-15-10-16(27-12-14-6-4-3-5-7-14)11-17(15)19-21-25-23-13-26(21)18-8-9-22-20(18)24-19/h3-9,13,15-17,22H,2,10-12H2,1H3/t15-,16+,17+/m1/s1. The molecule has 0 amide bonds. The number of rotatable bonds is 5. The lowest BCUT2D eigenvalue weighted by molar-refractivity contribution is 0.0423. The highest BCUT2D eigenvalue weighted by Crippen LogP contribution is 2.43. The third-order valence-corrected chi connectivity index (χ3v) is 5.83. The van der Waals surface area contributed by atoms with Crippen molar-refractivity contribution in [2.45, 2.75) is 44.8 Å². The lowest BCUT2D eigenvalue weighted by atomic mass is 9.90. The maximum atomic E-state index is 6.26. The summed E-state index contributed by atoms with van der Waals surface area (Å²) in [6.07, 6.45) is 7.10. The van der Waals surface area contributed by atoms with Gasteiger partial charge in [0.15, 0.2) is 11.3 Å². The van der Waals surface area contributed by atoms with Crippen LogP contribution in [0.25, 0.3) is 16.8 Å². The number of aromatic amines is 1. The molecule has 138 valence electrons. The summed E-state index contributed by atoms with van der Waals surface area (Å²) < 4.78 is 8.30. The third-order valence-electron chi connectivity index (χ3n) is 5.83. The summed E-state index contributed by atoms with van der Waals surface area (Å²) in [5, 5.41) is 8.51. The van der Waals surface area contributed by atoms with Gasteiger partial charge in [-0.1, -0.05) is 43.7 Å². The Morgan fingerprint density at radius 1 is 1.19 bits per heavy atom. The van der Waals surface area contributed by atoms with Gasteiger partial charge in [-0.25, -0.2) is 4.98 Å². The normalized spacial score (nSPS) is 22.8. The number of H-pyrrole nitrogens is 1. The molecule has 6 nitrogen and oxygen atoms in total. The molecule has 6 heteroatoms. The van der Waals surface area contributed by atoms with Crippen molar-refractivity contribution in [3.63, 3.8) is 0 Å². The predicted octanol–water partition coefficient (Wildman–Crippen LogP) is 4.09. The van der Waals surface area contributed by atoms with Gasteiger partial charge in [0.2, 0.25) is 0 Å². The van der Waals surface area contributed by atoms with Gasteiger partial charge >= 0.3 is 0 Å². The van der Waals surface area contributed by atoms with E-state index in [-0.39, 0.29) is 6.10 Å². The molecule has 0 bridgehead atoms. The largest absolute Gasteiger partial charge is 0.374 e. The monoisotopic (exact) mass is 361 g/mol. The van der Waals surface area contributed by atoms with E-state index in [1.54, 1.807) is 6.33 Å². The third kappa shape index (κ3) is 2.90. The molecule has 0 aliphatic heterocycles. The number of nitrogens with one attached hydrogen (secondary N) is 1. The molecule has 3 aromatic heterocycles. The van der Waals surface area contributed by atoms with E-state index >= 15 is 0 Å². The van der Waals surface area contributed by atoms with E-state index < -0.39 is 0 Å². The van der Waals surface area contributed by atoms with Gasteiger partial charge in [-0.05, 0) is 30.4 Å². The van der Waals surface area contributed by atoms with Crippen molar-refractivity contribution >= 4 is 16.8 Å². The molecule has 1 saturated carbocycles. The van der Waals surface area contributed by atoms with Gasteiger partial charge < -0.3 is 9.72 Å². The average molecular weight is 361 g/mol. The zero-order valence-corrected chi connectivity index (χ0v) is 15.4. The fourth-order valence-electron chi connectivity index (χ4n) is 4.43. The first-order valence-electron chi connectivity index (χ1n) is 9.65. The van der Waals surface area contributed by atoms with Gasteiger partial charge in [0.1, 0.15) is 6.33 Å². The zero-order chi connectivity index (χ0) is 18.2. The fourth-order valence-corrected chi connectivity index (χ4v) is 4.43. The Hall–Kier alpha value is -2.73. The van der Waals surface area contributed by atoms with Crippen LogP contribution in [0.2, 0.25) is 0 Å². The Bertz CT molecular complexity index is 1050. The van der Waals surface area contributed by atoms with Crippen LogP contribution >= 0.6 is 0 Å². The molecule has 4 aromatic rings. The number of fused-ring (bicyclic) bond motifs is 3. The van der Waals surface area contributed by atoms with Crippen molar-refractivity contribution in [1.82, 2.24) is 24.6 Å². The van der Waals surface area contributed by atoms with Gasteiger partial charge in [-0.15, -0.1) is 10.2 Å². The fraction of sp³-hybridized carbons (Fsp3) is 0.381. The van der Waals surface area contributed by atoms with Crippen LogP contribution in [-0.2, 0) is 11.3 Å². The Morgan fingerprint density at radius 2 is 2.07 bits per heavy atom. The number of hydrogen-bond donors (Lipinski definition) is 1. The minimum absolute atomic E-state index is 0.254. The molecule has 3 atom stereocenters. The molecule has 0 unspecified atom stereocenters. The van der Waals surface area contributed by atoms with Gasteiger partial charge in [0.25, 0.3) is 0 Å². The lowest BCUT2D eigenvalue weighted by Crippen LogP contribution is -2.10. The molecule has 0 radical (unpaired) electrons. The van der Waals surface area contributed by atoms with Crippen molar-refractivity contribution in [3.8, 4) is 0 Å². The van der Waals surface area contributed by atoms with Crippen LogP contribution < -0.4 is 0 Å². The minimum atomic E-state index is 0.254. The summed E-state index contributed by atoms with van der Waals surface area (Å²) in [6, 6.07) is 12.4. The SMILES string of the molecule is CC[C@@H]1C[C@H](OCc2ccccc2)C[C@@H]1c1nc2[nH]ccc2n2cnnc12. The van der Waals surface area contributed by atoms with E-state index in [4.69, 9.17) is 9.72 Å². The topological polar surface area (TPSA) is 68.1 Å². The summed E-state index contributed by atoms with van der Waals surface area (Å²) in [5.41, 5.74) is 5.04. The maximum Gasteiger partial charge on any atom is 0.183 e. The lowest BCUT2D eigenvalue weighted by Gasteiger charge is -2.17. The quantitative estimate of drug-likeness (QED) is 0.581. The van der Waals surface area contributed by atoms with Crippen molar-refractivity contribution in [2.24, 2.45) is 5.92 Å². The van der Waals surface area contributed by atoms with E-state index in [0.717, 1.165) is 41.8 Å². The van der Waals surface area contributed by atoms with Gasteiger partial charge in [-0.3, -0.25) is 4.40 Å². The second kappa shape index (κ2) is 6.78. The molecule has 0 saturated heterocycles. The summed E-state index contributed by atoms with van der Waals surface area (Å²) in [4.78, 5) is 8.17. The Morgan fingerprint density at radius 3 is 2.93 bits per heavy atom. The van der Waals surface area contributed by atoms with Gasteiger partial charge in [0.05, 0.1) is 23.9 Å². The van der Waals surface area contributed by atoms with Crippen LogP contribution in [0.15, 0.2) is 48.9 Å². The van der Waals surface area contributed by atoms with Crippen LogP contribution in [-0.4, -0.2) is 30.7 Å². The highest BCUT2D eigenvalue weighted by molar-refractivity contribution is 5.75. The molecule has 1 fully saturated rings. The number of benzene rings is 1. The number of hydrogen-bond acceptors (Lipinski definition) is 4. The van der Waals surface area contributed by atoms with Crippen molar-refractivity contribution in [2.75, 3.05) is 0 Å². The second-order valence-electron chi connectivity index (χ2n) is 7.40. The molecular weight excluding hydrogens is 338 g/mol.